The van der Waals surface area contributed by atoms with Gasteiger partial charge in [-0.3, -0.25) is 4.72 Å². The van der Waals surface area contributed by atoms with E-state index in [2.05, 4.69) is 81.0 Å². The van der Waals surface area contributed by atoms with Crippen LogP contribution in [0.1, 0.15) is 58.4 Å². The van der Waals surface area contributed by atoms with Crippen LogP contribution in [0.25, 0.3) is 0 Å². The van der Waals surface area contributed by atoms with Gasteiger partial charge in [0, 0.05) is 26.9 Å². The molecule has 2 fully saturated rings. The quantitative estimate of drug-likeness (QED) is 0.673. The van der Waals surface area contributed by atoms with Crippen molar-refractivity contribution in [2.75, 3.05) is 12.5 Å². The molecule has 0 saturated heterocycles. The molecular weight excluding hydrogens is 342 g/mol. The smallest absolute Gasteiger partial charge is 0.0183 e. The fourth-order valence-corrected chi connectivity index (χ4v) is 12.1. The van der Waals surface area contributed by atoms with Crippen molar-refractivity contribution in [2.24, 2.45) is 17.8 Å². The number of rotatable bonds is 2. The Morgan fingerprint density at radius 3 is 2.56 bits per heavy atom. The lowest BCUT2D eigenvalue weighted by molar-refractivity contribution is 0.250. The molecule has 3 aliphatic rings. The summed E-state index contributed by atoms with van der Waals surface area (Å²) in [6.45, 7) is 9.56. The molecule has 4 rings (SSSR count). The number of hydrogen-bond donors (Lipinski definition) is 1. The topological polar surface area (TPSA) is 12.0 Å². The molecule has 6 unspecified atom stereocenters. The van der Waals surface area contributed by atoms with Crippen molar-refractivity contribution >= 4 is 22.0 Å². The molecule has 2 saturated carbocycles. The molecule has 1 aromatic rings. The second-order valence-corrected chi connectivity index (χ2v) is 14.9. The molecule has 1 heterocycles. The summed E-state index contributed by atoms with van der Waals surface area (Å²) >= 11 is 2.18. The molecule has 3 heteroatoms. The summed E-state index contributed by atoms with van der Waals surface area (Å²) in [5.41, 5.74) is 1.88. The molecule has 1 aromatic carbocycles. The molecule has 1 N–H and O–H groups in total. The zero-order valence-electron chi connectivity index (χ0n) is 16.7. The first-order chi connectivity index (χ1) is 11.7. The highest BCUT2D eigenvalue weighted by atomic mass is 32.3. The van der Waals surface area contributed by atoms with E-state index in [9.17, 15) is 0 Å². The Morgan fingerprint density at radius 2 is 1.84 bits per heavy atom. The van der Waals surface area contributed by atoms with Crippen LogP contribution in [0.4, 0.5) is 0 Å². The fourth-order valence-electron chi connectivity index (χ4n) is 6.43. The maximum atomic E-state index is 4.08. The van der Waals surface area contributed by atoms with Crippen LogP contribution in [-0.4, -0.2) is 28.6 Å². The van der Waals surface area contributed by atoms with Gasteiger partial charge in [-0.05, 0) is 81.9 Å². The Kier molecular flexibility index (Phi) is 4.53. The minimum Gasteiger partial charge on any atom is -0.276 e. The van der Waals surface area contributed by atoms with E-state index in [4.69, 9.17) is 0 Å². The van der Waals surface area contributed by atoms with E-state index < -0.39 is 10.2 Å². The largest absolute Gasteiger partial charge is 0.276 e. The van der Waals surface area contributed by atoms with Crippen LogP contribution in [0.2, 0.25) is 0 Å². The monoisotopic (exact) mass is 377 g/mol. The van der Waals surface area contributed by atoms with Gasteiger partial charge in [-0.2, -0.15) is 10.2 Å². The lowest BCUT2D eigenvalue weighted by Gasteiger charge is -2.51. The summed E-state index contributed by atoms with van der Waals surface area (Å²) in [6, 6.07) is 9.30. The van der Waals surface area contributed by atoms with Crippen molar-refractivity contribution < 1.29 is 0 Å². The van der Waals surface area contributed by atoms with Gasteiger partial charge in [0.25, 0.3) is 0 Å². The molecule has 140 valence electrons. The molecule has 0 bridgehead atoms. The molecule has 0 amide bonds. The lowest BCUT2D eigenvalue weighted by atomic mass is 9.70. The van der Waals surface area contributed by atoms with E-state index in [1.54, 1.807) is 10.5 Å². The Balaban J connectivity index is 1.72. The average Bonchev–Trinajstić information content (AvgIpc) is 3.00. The van der Waals surface area contributed by atoms with Gasteiger partial charge in [0.15, 0.2) is 0 Å². The van der Waals surface area contributed by atoms with Gasteiger partial charge in [0.2, 0.25) is 0 Å². The third kappa shape index (κ3) is 3.19. The van der Waals surface area contributed by atoms with Crippen molar-refractivity contribution in [1.82, 2.24) is 4.72 Å². The summed E-state index contributed by atoms with van der Waals surface area (Å²) in [5, 5.41) is 1.67. The van der Waals surface area contributed by atoms with E-state index in [1.165, 1.54) is 19.3 Å². The van der Waals surface area contributed by atoms with Crippen molar-refractivity contribution in [3.05, 3.63) is 29.8 Å². The number of nitrogens with one attached hydrogen (secondary N) is 1. The molecule has 1 nitrogen and oxygen atoms in total. The molecule has 0 radical (unpaired) electrons. The Morgan fingerprint density at radius 1 is 1.12 bits per heavy atom. The van der Waals surface area contributed by atoms with Crippen LogP contribution in [0.3, 0.4) is 0 Å². The molecular formula is C22H35NS2. The number of hydrogen-bond acceptors (Lipinski definition) is 2. The van der Waals surface area contributed by atoms with Crippen molar-refractivity contribution in [2.45, 2.75) is 73.8 Å². The number of benzene rings is 1. The zero-order valence-corrected chi connectivity index (χ0v) is 18.3. The predicted molar refractivity (Wildman–Crippen MR) is 115 cm³/mol. The minimum absolute atomic E-state index is 0.201. The standard InChI is InChI=1S/C22H35NS2/c1-14-13-15-11-12-18-20(16-9-7-8-10-17(16)24-18)19(15)21(14)25(5,6)23-22(2,3)4/h7-10,14-15,18-21,23H,11-13H2,1-6H3. The van der Waals surface area contributed by atoms with Gasteiger partial charge >= 0.3 is 0 Å². The zero-order chi connectivity index (χ0) is 18.0. The van der Waals surface area contributed by atoms with Gasteiger partial charge in [0.1, 0.15) is 0 Å². The van der Waals surface area contributed by atoms with Gasteiger partial charge in [-0.15, -0.1) is 11.8 Å². The van der Waals surface area contributed by atoms with Crippen molar-refractivity contribution in [1.29, 1.82) is 0 Å². The average molecular weight is 378 g/mol. The molecule has 6 atom stereocenters. The first-order valence-corrected chi connectivity index (χ1v) is 13.3. The molecule has 1 aliphatic heterocycles. The summed E-state index contributed by atoms with van der Waals surface area (Å²) in [5.74, 6) is 3.47. The predicted octanol–water partition coefficient (Wildman–Crippen LogP) is 6.05. The molecule has 2 aliphatic carbocycles. The second-order valence-electron chi connectivity index (χ2n) is 10.1. The molecule has 0 spiro atoms. The Labute approximate surface area is 160 Å². The summed E-state index contributed by atoms with van der Waals surface area (Å²) in [7, 11) is -0.838. The van der Waals surface area contributed by atoms with Crippen LogP contribution < -0.4 is 4.72 Å². The number of fused-ring (bicyclic) bond motifs is 5. The van der Waals surface area contributed by atoms with E-state index >= 15 is 0 Å². The lowest BCUT2D eigenvalue weighted by Crippen LogP contribution is -2.46. The van der Waals surface area contributed by atoms with E-state index in [1.807, 2.05) is 0 Å². The highest BCUT2D eigenvalue weighted by molar-refractivity contribution is 8.31. The first kappa shape index (κ1) is 18.3. The first-order valence-electron chi connectivity index (χ1n) is 9.94. The third-order valence-corrected chi connectivity index (χ3v) is 11.3. The summed E-state index contributed by atoms with van der Waals surface area (Å²) < 4.78 is 4.08. The maximum Gasteiger partial charge on any atom is 0.0183 e. The van der Waals surface area contributed by atoms with Crippen molar-refractivity contribution in [3.63, 3.8) is 0 Å². The number of thioether (sulfide) groups is 1. The highest BCUT2D eigenvalue weighted by Crippen LogP contribution is 2.66. The minimum atomic E-state index is -0.838. The summed E-state index contributed by atoms with van der Waals surface area (Å²) in [4.78, 5) is 1.58. The van der Waals surface area contributed by atoms with E-state index in [-0.39, 0.29) is 5.54 Å². The van der Waals surface area contributed by atoms with E-state index in [0.717, 1.165) is 34.2 Å². The van der Waals surface area contributed by atoms with Gasteiger partial charge in [-0.25, -0.2) is 0 Å². The van der Waals surface area contributed by atoms with Gasteiger partial charge in [0.05, 0.1) is 0 Å². The van der Waals surface area contributed by atoms with Gasteiger partial charge < -0.3 is 0 Å². The Hall–Kier alpha value is -0.120. The van der Waals surface area contributed by atoms with Crippen LogP contribution in [0.5, 0.6) is 0 Å². The molecule has 0 aromatic heterocycles. The normalized spacial score (nSPS) is 38.2. The third-order valence-electron chi connectivity index (χ3n) is 6.60. The SMILES string of the molecule is CC1CC2CCC3Sc4ccccc4C3C2C1S(C)(C)NC(C)(C)C. The van der Waals surface area contributed by atoms with Crippen LogP contribution in [-0.2, 0) is 0 Å². The molecule has 25 heavy (non-hydrogen) atoms. The Bertz CT molecular complexity index is 648. The van der Waals surface area contributed by atoms with Crippen LogP contribution in [0, 0.1) is 17.8 Å². The summed E-state index contributed by atoms with van der Waals surface area (Å²) in [6.07, 6.45) is 9.44. The second kappa shape index (κ2) is 6.21. The van der Waals surface area contributed by atoms with Crippen LogP contribution in [0.15, 0.2) is 29.2 Å². The van der Waals surface area contributed by atoms with E-state index in [0.29, 0.717) is 0 Å². The fraction of sp³-hybridized carbons (Fsp3) is 0.727. The van der Waals surface area contributed by atoms with Gasteiger partial charge in [-0.1, -0.05) is 25.1 Å². The van der Waals surface area contributed by atoms with Crippen LogP contribution >= 0.6 is 22.0 Å². The highest BCUT2D eigenvalue weighted by Gasteiger charge is 2.55. The van der Waals surface area contributed by atoms with Crippen molar-refractivity contribution in [3.8, 4) is 0 Å². The maximum absolute atomic E-state index is 4.08.